The van der Waals surface area contributed by atoms with E-state index < -0.39 is 11.1 Å². The summed E-state index contributed by atoms with van der Waals surface area (Å²) in [6.45, 7) is 1.43. The van der Waals surface area contributed by atoms with Gasteiger partial charge in [0, 0.05) is 12.6 Å². The third-order valence-electron chi connectivity index (χ3n) is 1.56. The lowest BCUT2D eigenvalue weighted by Crippen LogP contribution is -2.05. The van der Waals surface area contributed by atoms with E-state index in [9.17, 15) is 9.00 Å². The van der Waals surface area contributed by atoms with Crippen LogP contribution in [0.4, 0.5) is 5.69 Å². The molecule has 0 aromatic heterocycles. The second kappa shape index (κ2) is 4.88. The fourth-order valence-corrected chi connectivity index (χ4v) is 1.51. The smallest absolute Gasteiger partial charge is 0.221 e. The third kappa shape index (κ3) is 3.68. The van der Waals surface area contributed by atoms with Crippen LogP contribution in [0.2, 0.25) is 0 Å². The maximum Gasteiger partial charge on any atom is 0.221 e. The zero-order valence-corrected chi connectivity index (χ0v) is 8.50. The van der Waals surface area contributed by atoms with Gasteiger partial charge in [-0.25, -0.2) is 4.21 Å². The first kappa shape index (κ1) is 10.9. The second-order valence-electron chi connectivity index (χ2n) is 2.84. The average Bonchev–Trinajstić information content (AvgIpc) is 2.06. The molecule has 2 N–H and O–H groups in total. The summed E-state index contributed by atoms with van der Waals surface area (Å²) in [6.07, 6.45) is 0. The van der Waals surface area contributed by atoms with Gasteiger partial charge in [-0.3, -0.25) is 4.79 Å². The van der Waals surface area contributed by atoms with Crippen LogP contribution in [0.25, 0.3) is 0 Å². The van der Waals surface area contributed by atoms with Gasteiger partial charge in [-0.2, -0.15) is 0 Å². The second-order valence-corrected chi connectivity index (χ2v) is 3.78. The van der Waals surface area contributed by atoms with Gasteiger partial charge in [0.05, 0.1) is 5.75 Å². The SMILES string of the molecule is CC(=O)Nc1ccc(CS(=O)O)cc1. The summed E-state index contributed by atoms with van der Waals surface area (Å²) in [7, 11) is 0. The maximum atomic E-state index is 10.7. The lowest BCUT2D eigenvalue weighted by molar-refractivity contribution is -0.114. The Bertz CT molecular complexity index is 313. The van der Waals surface area contributed by atoms with Gasteiger partial charge >= 0.3 is 0 Å². The molecule has 4 nitrogen and oxygen atoms in total. The van der Waals surface area contributed by atoms with Gasteiger partial charge in [-0.15, -0.1) is 0 Å². The number of benzene rings is 1. The first-order valence-corrected chi connectivity index (χ1v) is 5.29. The van der Waals surface area contributed by atoms with Crippen molar-refractivity contribution in [2.24, 2.45) is 0 Å². The zero-order chi connectivity index (χ0) is 10.6. The van der Waals surface area contributed by atoms with E-state index >= 15 is 0 Å². The number of rotatable bonds is 3. The number of carbonyl (C=O) groups is 1. The van der Waals surface area contributed by atoms with Gasteiger partial charge in [0.15, 0.2) is 11.1 Å². The summed E-state index contributed by atoms with van der Waals surface area (Å²) < 4.78 is 19.1. The third-order valence-corrected chi connectivity index (χ3v) is 2.14. The normalized spacial score (nSPS) is 12.1. The van der Waals surface area contributed by atoms with Crippen LogP contribution in [0.1, 0.15) is 12.5 Å². The monoisotopic (exact) mass is 213 g/mol. The van der Waals surface area contributed by atoms with Crippen molar-refractivity contribution in [3.63, 3.8) is 0 Å². The molecule has 76 valence electrons. The fourth-order valence-electron chi connectivity index (χ4n) is 1.03. The summed E-state index contributed by atoms with van der Waals surface area (Å²) >= 11 is -1.82. The first-order valence-electron chi connectivity index (χ1n) is 4.02. The molecule has 1 aromatic rings. The molecule has 14 heavy (non-hydrogen) atoms. The molecule has 0 aliphatic rings. The van der Waals surface area contributed by atoms with Gasteiger partial charge < -0.3 is 9.87 Å². The standard InChI is InChI=1S/C9H11NO3S/c1-7(11)10-9-4-2-8(3-5-9)6-14(12)13/h2-5H,6H2,1H3,(H,10,11)(H,12,13). The molecule has 0 aliphatic carbocycles. The molecule has 0 heterocycles. The Morgan fingerprint density at radius 3 is 2.43 bits per heavy atom. The number of nitrogens with one attached hydrogen (secondary N) is 1. The highest BCUT2D eigenvalue weighted by Crippen LogP contribution is 2.10. The predicted molar refractivity (Wildman–Crippen MR) is 55.2 cm³/mol. The lowest BCUT2D eigenvalue weighted by Gasteiger charge is -2.02. The number of amides is 1. The van der Waals surface area contributed by atoms with Crippen molar-refractivity contribution in [3.05, 3.63) is 29.8 Å². The van der Waals surface area contributed by atoms with Crippen LogP contribution < -0.4 is 5.32 Å². The first-order chi connectivity index (χ1) is 6.58. The highest BCUT2D eigenvalue weighted by Gasteiger charge is 1.98. The van der Waals surface area contributed by atoms with Crippen molar-refractivity contribution in [3.8, 4) is 0 Å². The van der Waals surface area contributed by atoms with E-state index in [4.69, 9.17) is 4.55 Å². The van der Waals surface area contributed by atoms with E-state index in [1.54, 1.807) is 24.3 Å². The molecular weight excluding hydrogens is 202 g/mol. The van der Waals surface area contributed by atoms with E-state index in [1.807, 2.05) is 0 Å². The number of hydrogen-bond acceptors (Lipinski definition) is 2. The Kier molecular flexibility index (Phi) is 3.79. The largest absolute Gasteiger partial charge is 0.326 e. The average molecular weight is 213 g/mol. The molecule has 1 atom stereocenters. The number of anilines is 1. The van der Waals surface area contributed by atoms with Crippen LogP contribution >= 0.6 is 0 Å². The van der Waals surface area contributed by atoms with Crippen LogP contribution in [-0.2, 0) is 21.6 Å². The molecule has 1 aromatic carbocycles. The van der Waals surface area contributed by atoms with Gasteiger partial charge in [-0.1, -0.05) is 12.1 Å². The molecule has 0 bridgehead atoms. The van der Waals surface area contributed by atoms with Crippen LogP contribution in [0.3, 0.4) is 0 Å². The topological polar surface area (TPSA) is 66.4 Å². The maximum absolute atomic E-state index is 10.7. The van der Waals surface area contributed by atoms with Crippen LogP contribution in [-0.4, -0.2) is 14.7 Å². The molecule has 1 rings (SSSR count). The minimum Gasteiger partial charge on any atom is -0.326 e. The molecule has 0 saturated heterocycles. The van der Waals surface area contributed by atoms with Crippen molar-refractivity contribution in [2.75, 3.05) is 5.32 Å². The summed E-state index contributed by atoms with van der Waals surface area (Å²) in [5.41, 5.74) is 1.45. The van der Waals surface area contributed by atoms with Gasteiger partial charge in [0.2, 0.25) is 5.91 Å². The Morgan fingerprint density at radius 1 is 1.43 bits per heavy atom. The van der Waals surface area contributed by atoms with E-state index in [0.29, 0.717) is 5.69 Å². The van der Waals surface area contributed by atoms with Crippen LogP contribution in [0.15, 0.2) is 24.3 Å². The lowest BCUT2D eigenvalue weighted by atomic mass is 10.2. The Balaban J connectivity index is 2.68. The molecule has 5 heteroatoms. The van der Waals surface area contributed by atoms with E-state index in [-0.39, 0.29) is 11.7 Å². The minimum absolute atomic E-state index is 0.111. The van der Waals surface area contributed by atoms with E-state index in [1.165, 1.54) is 6.92 Å². The number of hydrogen-bond donors (Lipinski definition) is 2. The Labute approximate surface area is 84.6 Å². The quantitative estimate of drug-likeness (QED) is 0.745. The summed E-state index contributed by atoms with van der Waals surface area (Å²) in [6, 6.07) is 6.81. The van der Waals surface area contributed by atoms with Gasteiger partial charge in [-0.05, 0) is 17.7 Å². The predicted octanol–water partition coefficient (Wildman–Crippen LogP) is 1.37. The highest BCUT2D eigenvalue weighted by molar-refractivity contribution is 7.78. The fraction of sp³-hybridized carbons (Fsp3) is 0.222. The molecule has 0 aliphatic heterocycles. The van der Waals surface area contributed by atoms with Crippen molar-refractivity contribution in [1.82, 2.24) is 0 Å². The molecular formula is C9H11NO3S. The number of carbonyl (C=O) groups excluding carboxylic acids is 1. The molecule has 0 saturated carbocycles. The molecule has 0 radical (unpaired) electrons. The Hall–Kier alpha value is -1.20. The highest BCUT2D eigenvalue weighted by atomic mass is 32.2. The van der Waals surface area contributed by atoms with E-state index in [2.05, 4.69) is 5.32 Å². The summed E-state index contributed by atoms with van der Waals surface area (Å²) in [5, 5.41) is 2.61. The van der Waals surface area contributed by atoms with Crippen molar-refractivity contribution < 1.29 is 13.6 Å². The minimum atomic E-state index is -1.82. The van der Waals surface area contributed by atoms with Crippen molar-refractivity contribution in [2.45, 2.75) is 12.7 Å². The van der Waals surface area contributed by atoms with Gasteiger partial charge in [0.1, 0.15) is 0 Å². The van der Waals surface area contributed by atoms with Crippen molar-refractivity contribution >= 4 is 22.7 Å². The van der Waals surface area contributed by atoms with Crippen LogP contribution in [0.5, 0.6) is 0 Å². The molecule has 1 unspecified atom stereocenters. The van der Waals surface area contributed by atoms with Crippen molar-refractivity contribution in [1.29, 1.82) is 0 Å². The van der Waals surface area contributed by atoms with E-state index in [0.717, 1.165) is 5.56 Å². The molecule has 0 fully saturated rings. The van der Waals surface area contributed by atoms with Crippen LogP contribution in [0, 0.1) is 0 Å². The summed E-state index contributed by atoms with van der Waals surface area (Å²) in [4.78, 5) is 10.7. The zero-order valence-electron chi connectivity index (χ0n) is 7.69. The summed E-state index contributed by atoms with van der Waals surface area (Å²) in [5.74, 6) is -0.0242. The molecule has 1 amide bonds. The Morgan fingerprint density at radius 2 is 2.00 bits per heavy atom. The molecule has 0 spiro atoms. The van der Waals surface area contributed by atoms with Gasteiger partial charge in [0.25, 0.3) is 0 Å².